The van der Waals surface area contributed by atoms with Gasteiger partial charge in [0.15, 0.2) is 12.4 Å². The smallest absolute Gasteiger partial charge is 0.293 e. The molecule has 0 radical (unpaired) electrons. The Morgan fingerprint density at radius 2 is 1.58 bits per heavy atom. The van der Waals surface area contributed by atoms with Gasteiger partial charge in [-0.1, -0.05) is 82.7 Å². The minimum atomic E-state index is -0.284. The number of rotatable bonds is 8. The fourth-order valence-electron chi connectivity index (χ4n) is 3.30. The van der Waals surface area contributed by atoms with E-state index in [1.54, 1.807) is 42.5 Å². The second-order valence-electron chi connectivity index (χ2n) is 7.25. The van der Waals surface area contributed by atoms with Gasteiger partial charge in [0.05, 0.1) is 4.91 Å². The monoisotopic (exact) mass is 521 g/mol. The summed E-state index contributed by atoms with van der Waals surface area (Å²) in [5, 5.41) is 0.279. The van der Waals surface area contributed by atoms with E-state index in [1.165, 1.54) is 4.90 Å². The Labute approximate surface area is 204 Å². The Kier molecular flexibility index (Phi) is 7.42. The van der Waals surface area contributed by atoms with E-state index in [9.17, 15) is 14.4 Å². The number of Topliss-reactive ketones (excluding diaryl/α,β-unsaturated/α-hetero) is 1. The second kappa shape index (κ2) is 10.6. The number of imide groups is 1. The Hall–Kier alpha value is -3.16. The molecule has 1 fully saturated rings. The van der Waals surface area contributed by atoms with Gasteiger partial charge in [0, 0.05) is 17.4 Å². The summed E-state index contributed by atoms with van der Waals surface area (Å²) in [6.07, 6.45) is 1.68. The summed E-state index contributed by atoms with van der Waals surface area (Å²) in [7, 11) is 0. The van der Waals surface area contributed by atoms with E-state index in [2.05, 4.69) is 15.9 Å². The number of carbonyl (C=O) groups is 3. The van der Waals surface area contributed by atoms with E-state index in [0.29, 0.717) is 28.1 Å². The van der Waals surface area contributed by atoms with Crippen LogP contribution < -0.4 is 4.74 Å². The quantitative estimate of drug-likeness (QED) is 0.205. The predicted molar refractivity (Wildman–Crippen MR) is 135 cm³/mol. The average Bonchev–Trinajstić information content (AvgIpc) is 3.11. The van der Waals surface area contributed by atoms with Gasteiger partial charge in [-0.15, -0.1) is 0 Å². The molecule has 3 aromatic carbocycles. The summed E-state index contributed by atoms with van der Waals surface area (Å²) in [6.45, 7) is 0.271. The van der Waals surface area contributed by atoms with Gasteiger partial charge in [0.2, 0.25) is 0 Å². The third-order valence-electron chi connectivity index (χ3n) is 5.04. The minimum absolute atomic E-state index is 0.0739. The van der Waals surface area contributed by atoms with Crippen molar-refractivity contribution in [1.29, 1.82) is 0 Å². The van der Waals surface area contributed by atoms with Crippen LogP contribution >= 0.6 is 27.7 Å². The van der Waals surface area contributed by atoms with Crippen LogP contribution in [0.2, 0.25) is 0 Å². The first kappa shape index (κ1) is 23.0. The molecule has 0 atom stereocenters. The van der Waals surface area contributed by atoms with Crippen LogP contribution in [-0.2, 0) is 4.79 Å². The highest BCUT2D eigenvalue weighted by Crippen LogP contribution is 2.32. The maximum Gasteiger partial charge on any atom is 0.293 e. The summed E-state index contributed by atoms with van der Waals surface area (Å²) < 4.78 is 5.64. The summed E-state index contributed by atoms with van der Waals surface area (Å²) >= 11 is 4.18. The minimum Gasteiger partial charge on any atom is -0.485 e. The number of amides is 2. The van der Waals surface area contributed by atoms with Crippen molar-refractivity contribution < 1.29 is 19.1 Å². The third kappa shape index (κ3) is 5.61. The lowest BCUT2D eigenvalue weighted by Gasteiger charge is -2.09. The van der Waals surface area contributed by atoms with Gasteiger partial charge >= 0.3 is 0 Å². The number of hydrogen-bond donors (Lipinski definition) is 0. The molecule has 3 aromatic rings. The van der Waals surface area contributed by atoms with Crippen molar-refractivity contribution in [2.24, 2.45) is 0 Å². The first-order valence-corrected chi connectivity index (χ1v) is 12.2. The van der Waals surface area contributed by atoms with E-state index < -0.39 is 0 Å². The van der Waals surface area contributed by atoms with Crippen LogP contribution in [0.5, 0.6) is 5.75 Å². The van der Waals surface area contributed by atoms with Crippen LogP contribution in [0.25, 0.3) is 17.2 Å². The molecule has 1 aliphatic heterocycles. The van der Waals surface area contributed by atoms with Gasteiger partial charge in [0.1, 0.15) is 5.75 Å². The molecule has 2 amide bonds. The van der Waals surface area contributed by atoms with E-state index in [1.807, 2.05) is 42.5 Å². The van der Waals surface area contributed by atoms with E-state index in [0.717, 1.165) is 28.5 Å². The molecule has 0 aromatic heterocycles. The van der Waals surface area contributed by atoms with Gasteiger partial charge in [0.25, 0.3) is 11.1 Å². The topological polar surface area (TPSA) is 63.7 Å². The fourth-order valence-corrected chi connectivity index (χ4v) is 4.52. The highest BCUT2D eigenvalue weighted by atomic mass is 79.9. The zero-order chi connectivity index (χ0) is 23.2. The molecular formula is C26H20BrNO4S. The number of carbonyl (C=O) groups excluding carboxylic acids is 3. The van der Waals surface area contributed by atoms with Gasteiger partial charge in [-0.05, 0) is 46.7 Å². The highest BCUT2D eigenvalue weighted by molar-refractivity contribution is 9.09. The van der Waals surface area contributed by atoms with Crippen LogP contribution in [0.15, 0.2) is 83.8 Å². The van der Waals surface area contributed by atoms with Crippen molar-refractivity contribution in [3.8, 4) is 16.9 Å². The molecule has 4 rings (SSSR count). The number of alkyl halides is 1. The Morgan fingerprint density at radius 1 is 0.909 bits per heavy atom. The molecule has 1 heterocycles. The molecule has 7 heteroatoms. The van der Waals surface area contributed by atoms with Crippen LogP contribution in [0.1, 0.15) is 15.9 Å². The van der Waals surface area contributed by atoms with Crippen molar-refractivity contribution in [2.45, 2.75) is 0 Å². The lowest BCUT2D eigenvalue weighted by Crippen LogP contribution is -2.29. The SMILES string of the molecule is O=C(COc1ccc(/C=C2\SC(=O)N(CCBr)C2=O)cc1)c1ccc(-c2ccccc2)cc1. The molecule has 0 saturated carbocycles. The predicted octanol–water partition coefficient (Wildman–Crippen LogP) is 6.05. The van der Waals surface area contributed by atoms with Crippen LogP contribution in [0.3, 0.4) is 0 Å². The summed E-state index contributed by atoms with van der Waals surface area (Å²) in [6, 6.07) is 24.5. The lowest BCUT2D eigenvalue weighted by molar-refractivity contribution is -0.122. The Bertz CT molecular complexity index is 1190. The molecule has 0 N–H and O–H groups in total. The van der Waals surface area contributed by atoms with Crippen LogP contribution in [-0.4, -0.2) is 40.3 Å². The summed E-state index contributed by atoms with van der Waals surface area (Å²) in [4.78, 5) is 38.4. The summed E-state index contributed by atoms with van der Waals surface area (Å²) in [5.74, 6) is 0.154. The second-order valence-corrected chi connectivity index (χ2v) is 9.03. The molecule has 0 aliphatic carbocycles. The number of halogens is 1. The first-order valence-electron chi connectivity index (χ1n) is 10.3. The highest BCUT2D eigenvalue weighted by Gasteiger charge is 2.34. The Balaban J connectivity index is 1.34. The fraction of sp³-hybridized carbons (Fsp3) is 0.115. The first-order chi connectivity index (χ1) is 16.0. The lowest BCUT2D eigenvalue weighted by atomic mass is 10.0. The van der Waals surface area contributed by atoms with Crippen molar-refractivity contribution in [1.82, 2.24) is 4.90 Å². The maximum atomic E-state index is 12.5. The van der Waals surface area contributed by atoms with Gasteiger partial charge < -0.3 is 4.74 Å². The number of hydrogen-bond acceptors (Lipinski definition) is 5. The molecule has 1 saturated heterocycles. The Morgan fingerprint density at radius 3 is 2.24 bits per heavy atom. The summed E-state index contributed by atoms with van der Waals surface area (Å²) in [5.41, 5.74) is 3.51. The largest absolute Gasteiger partial charge is 0.485 e. The zero-order valence-corrected chi connectivity index (χ0v) is 20.0. The average molecular weight is 522 g/mol. The molecular weight excluding hydrogens is 502 g/mol. The van der Waals surface area contributed by atoms with E-state index >= 15 is 0 Å². The zero-order valence-electron chi connectivity index (χ0n) is 17.6. The maximum absolute atomic E-state index is 12.5. The molecule has 0 bridgehead atoms. The molecule has 5 nitrogen and oxygen atoms in total. The molecule has 1 aliphatic rings. The van der Waals surface area contributed by atoms with E-state index in [4.69, 9.17) is 4.74 Å². The van der Waals surface area contributed by atoms with Crippen molar-refractivity contribution in [3.05, 3.63) is 94.9 Å². The molecule has 0 spiro atoms. The van der Waals surface area contributed by atoms with Crippen molar-refractivity contribution in [2.75, 3.05) is 18.5 Å². The van der Waals surface area contributed by atoms with E-state index in [-0.39, 0.29) is 23.5 Å². The number of ether oxygens (including phenoxy) is 1. The van der Waals surface area contributed by atoms with Crippen molar-refractivity contribution >= 4 is 50.7 Å². The van der Waals surface area contributed by atoms with Gasteiger partial charge in [-0.25, -0.2) is 0 Å². The number of thioether (sulfide) groups is 1. The number of ketones is 1. The van der Waals surface area contributed by atoms with Crippen molar-refractivity contribution in [3.63, 3.8) is 0 Å². The molecule has 33 heavy (non-hydrogen) atoms. The number of nitrogens with zero attached hydrogens (tertiary/aromatic N) is 1. The van der Waals surface area contributed by atoms with Gasteiger partial charge in [-0.3, -0.25) is 19.3 Å². The standard InChI is InChI=1S/C26H20BrNO4S/c27-14-15-28-25(30)24(33-26(28)31)16-18-6-12-22(13-7-18)32-17-23(29)21-10-8-20(9-11-21)19-4-2-1-3-5-19/h1-13,16H,14-15,17H2/b24-16-. The van der Waals surface area contributed by atoms with Crippen LogP contribution in [0.4, 0.5) is 4.79 Å². The molecule has 0 unspecified atom stereocenters. The third-order valence-corrected chi connectivity index (χ3v) is 6.31. The molecule has 166 valence electrons. The van der Waals surface area contributed by atoms with Gasteiger partial charge in [-0.2, -0.15) is 0 Å². The normalized spacial score (nSPS) is 14.7. The number of benzene rings is 3. The van der Waals surface area contributed by atoms with Crippen LogP contribution in [0, 0.1) is 0 Å².